The molecule has 1 aromatic heterocycles. The molecule has 3 saturated carbocycles. The number of benzene rings is 1. The van der Waals surface area contributed by atoms with E-state index in [1.807, 2.05) is 0 Å². The molecule has 1 heterocycles. The zero-order chi connectivity index (χ0) is 30.0. The van der Waals surface area contributed by atoms with Crippen molar-refractivity contribution in [2.24, 2.45) is 34.3 Å². The van der Waals surface area contributed by atoms with Crippen molar-refractivity contribution in [3.8, 4) is 5.69 Å². The Kier molecular flexibility index (Phi) is 7.37. The van der Waals surface area contributed by atoms with Crippen LogP contribution in [-0.2, 0) is 20.7 Å². The molecule has 0 unspecified atom stereocenters. The number of carbonyl (C=O) groups excluding carboxylic acids is 3. The van der Waals surface area contributed by atoms with Crippen LogP contribution in [0.3, 0.4) is 0 Å². The lowest BCUT2D eigenvalue weighted by Crippen LogP contribution is -2.57. The van der Waals surface area contributed by atoms with E-state index in [4.69, 9.17) is 15.6 Å². The summed E-state index contributed by atoms with van der Waals surface area (Å²) in [6, 6.07) is 5.98. The van der Waals surface area contributed by atoms with Gasteiger partial charge in [0.05, 0.1) is 23.2 Å². The maximum atomic E-state index is 13.8. The molecule has 0 radical (unpaired) electrons. The number of ether oxygens (including phenoxy) is 1. The van der Waals surface area contributed by atoms with E-state index in [2.05, 4.69) is 19.9 Å². The highest BCUT2D eigenvalue weighted by molar-refractivity contribution is 8.14. The largest absolute Gasteiger partial charge is 0.462 e. The molecule has 6 rings (SSSR count). The number of hydrogen-bond donors (Lipinski definition) is 2. The predicted molar refractivity (Wildman–Crippen MR) is 157 cm³/mol. The van der Waals surface area contributed by atoms with Crippen molar-refractivity contribution >= 4 is 34.8 Å². The van der Waals surface area contributed by atoms with E-state index in [9.17, 15) is 23.9 Å². The highest BCUT2D eigenvalue weighted by atomic mass is 32.2. The Morgan fingerprint density at radius 1 is 1.19 bits per heavy atom. The number of aliphatic hydroxyl groups is 1. The van der Waals surface area contributed by atoms with E-state index in [1.165, 1.54) is 17.7 Å². The number of thioether (sulfide) groups is 1. The second-order valence-corrected chi connectivity index (χ2v) is 13.9. The first-order chi connectivity index (χ1) is 20.0. The van der Waals surface area contributed by atoms with E-state index in [0.717, 1.165) is 48.7 Å². The van der Waals surface area contributed by atoms with E-state index in [1.54, 1.807) is 23.7 Å². The monoisotopic (exact) mass is 595 g/mol. The molecule has 1 amide bonds. The molecule has 2 aromatic rings. The number of fused-ring (bicyclic) bond motifs is 6. The van der Waals surface area contributed by atoms with Crippen LogP contribution < -0.4 is 5.73 Å². The Morgan fingerprint density at radius 2 is 1.93 bits per heavy atom. The molecule has 0 saturated heterocycles. The fourth-order valence-corrected chi connectivity index (χ4v) is 9.37. The molecule has 7 atom stereocenters. The minimum absolute atomic E-state index is 0.0280. The first-order valence-corrected chi connectivity index (χ1v) is 15.9. The van der Waals surface area contributed by atoms with Gasteiger partial charge < -0.3 is 15.6 Å². The number of carbonyl (C=O) groups is 3. The van der Waals surface area contributed by atoms with Crippen LogP contribution in [0.25, 0.3) is 11.8 Å². The lowest BCUT2D eigenvalue weighted by atomic mass is 9.46. The van der Waals surface area contributed by atoms with Crippen molar-refractivity contribution in [1.82, 2.24) is 9.78 Å². The summed E-state index contributed by atoms with van der Waals surface area (Å²) in [5.41, 5.74) is 8.31. The fraction of sp³-hybridized carbons (Fsp3) is 0.562. The molecule has 3 N–H and O–H groups in total. The lowest BCUT2D eigenvalue weighted by molar-refractivity contribution is -0.169. The summed E-state index contributed by atoms with van der Waals surface area (Å²) in [6.07, 6.45) is 6.30. The normalized spacial score (nSPS) is 33.1. The number of aromatic nitrogens is 2. The number of primary amides is 1. The standard InChI is InChI=1S/C32H38FN3O5S/c1-4-27(39)41-25-12-11-22-20-10-5-17-13-23-21(14-31(17,2)28(20)24(37)15-32(22,25)3)29(30(40)42-16-26(34)38)35-36(23)19-8-6-18(33)7-9-19/h6-9,13,20,22,24-25,28,37H,4-5,10-12,14-16H2,1-3H3,(H2,34,38)/t20-,22-,24-,25+,28+,31-,32-/m0/s1. The predicted octanol–water partition coefficient (Wildman–Crippen LogP) is 4.84. The van der Waals surface area contributed by atoms with Crippen LogP contribution in [0.4, 0.5) is 4.39 Å². The van der Waals surface area contributed by atoms with Gasteiger partial charge in [0.25, 0.3) is 0 Å². The van der Waals surface area contributed by atoms with Gasteiger partial charge in [-0.3, -0.25) is 14.4 Å². The minimum Gasteiger partial charge on any atom is -0.462 e. The molecule has 1 aromatic carbocycles. The van der Waals surface area contributed by atoms with Crippen LogP contribution in [0.1, 0.15) is 81.0 Å². The van der Waals surface area contributed by atoms with Crippen LogP contribution in [0, 0.1) is 34.4 Å². The maximum Gasteiger partial charge on any atom is 0.305 e. The molecule has 3 fully saturated rings. The van der Waals surface area contributed by atoms with Gasteiger partial charge in [-0.2, -0.15) is 5.10 Å². The first kappa shape index (κ1) is 29.1. The molecule has 224 valence electrons. The second kappa shape index (κ2) is 10.6. The summed E-state index contributed by atoms with van der Waals surface area (Å²) in [5.74, 6) is -0.740. The molecule has 0 spiro atoms. The Balaban J connectivity index is 1.39. The van der Waals surface area contributed by atoms with Crippen LogP contribution in [0.15, 0.2) is 29.8 Å². The van der Waals surface area contributed by atoms with Gasteiger partial charge in [-0.1, -0.05) is 38.1 Å². The van der Waals surface area contributed by atoms with Crippen molar-refractivity contribution in [2.45, 2.75) is 77.9 Å². The van der Waals surface area contributed by atoms with Crippen LogP contribution in [-0.4, -0.2) is 49.8 Å². The molecule has 0 bridgehead atoms. The Hall–Kier alpha value is -2.98. The zero-order valence-electron chi connectivity index (χ0n) is 24.3. The molecule has 4 aliphatic carbocycles. The second-order valence-electron chi connectivity index (χ2n) is 12.9. The SMILES string of the molecule is CCC(=O)O[C@@H]1CC[C@H]2[C@@H]3CCC4=Cc5c(c(C(=O)SCC(N)=O)nn5-c5ccc(F)cc5)C[C@]4(C)[C@H]3[C@@H](O)C[C@]12C. The Bertz CT molecular complexity index is 1470. The van der Waals surface area contributed by atoms with E-state index >= 15 is 0 Å². The van der Waals surface area contributed by atoms with Gasteiger partial charge in [-0.25, -0.2) is 9.07 Å². The Morgan fingerprint density at radius 3 is 2.62 bits per heavy atom. The molecular weight excluding hydrogens is 557 g/mol. The number of esters is 1. The van der Waals surface area contributed by atoms with Gasteiger partial charge in [0.15, 0.2) is 0 Å². The van der Waals surface area contributed by atoms with Gasteiger partial charge in [-0.05, 0) is 92.0 Å². The van der Waals surface area contributed by atoms with Crippen LogP contribution in [0.5, 0.6) is 0 Å². The van der Waals surface area contributed by atoms with Gasteiger partial charge in [0.1, 0.15) is 17.6 Å². The average molecular weight is 596 g/mol. The van der Waals surface area contributed by atoms with Crippen molar-refractivity contribution in [3.63, 3.8) is 0 Å². The molecule has 4 aliphatic rings. The third-order valence-corrected chi connectivity index (χ3v) is 11.5. The third kappa shape index (κ3) is 4.61. The van der Waals surface area contributed by atoms with E-state index < -0.39 is 17.4 Å². The molecule has 42 heavy (non-hydrogen) atoms. The third-order valence-electron chi connectivity index (χ3n) is 10.6. The number of amides is 1. The van der Waals surface area contributed by atoms with Crippen molar-refractivity contribution < 1.29 is 28.6 Å². The summed E-state index contributed by atoms with van der Waals surface area (Å²) in [4.78, 5) is 37.1. The summed E-state index contributed by atoms with van der Waals surface area (Å²) >= 11 is 0.831. The van der Waals surface area contributed by atoms with Gasteiger partial charge >= 0.3 is 5.97 Å². The Labute approximate surface area is 249 Å². The number of halogens is 1. The van der Waals surface area contributed by atoms with Crippen molar-refractivity contribution in [1.29, 1.82) is 0 Å². The quantitative estimate of drug-likeness (QED) is 0.458. The number of nitrogens with zero attached hydrogens (tertiary/aromatic N) is 2. The number of nitrogens with two attached hydrogens (primary N) is 1. The first-order valence-electron chi connectivity index (χ1n) is 14.9. The number of aliphatic hydroxyl groups excluding tert-OH is 1. The molecule has 8 nitrogen and oxygen atoms in total. The summed E-state index contributed by atoms with van der Waals surface area (Å²) in [5, 5.41) is 16.2. The van der Waals surface area contributed by atoms with Gasteiger partial charge in [0, 0.05) is 17.4 Å². The van der Waals surface area contributed by atoms with Gasteiger partial charge in [-0.15, -0.1) is 0 Å². The topological polar surface area (TPSA) is 125 Å². The number of hydrogen-bond acceptors (Lipinski definition) is 7. The van der Waals surface area contributed by atoms with Gasteiger partial charge in [0.2, 0.25) is 11.0 Å². The molecule has 10 heteroatoms. The maximum absolute atomic E-state index is 13.8. The minimum atomic E-state index is -0.594. The van der Waals surface area contributed by atoms with Crippen LogP contribution in [0.2, 0.25) is 0 Å². The zero-order valence-corrected chi connectivity index (χ0v) is 25.1. The molecular formula is C32H38FN3O5S. The smallest absolute Gasteiger partial charge is 0.305 e. The molecule has 0 aliphatic heterocycles. The number of rotatable bonds is 6. The lowest BCUT2D eigenvalue weighted by Gasteiger charge is -2.59. The van der Waals surface area contributed by atoms with Crippen LogP contribution >= 0.6 is 11.8 Å². The van der Waals surface area contributed by atoms with E-state index in [0.29, 0.717) is 30.9 Å². The highest BCUT2D eigenvalue weighted by Crippen LogP contribution is 2.66. The summed E-state index contributed by atoms with van der Waals surface area (Å²) < 4.78 is 21.3. The average Bonchev–Trinajstić information content (AvgIpc) is 3.47. The highest BCUT2D eigenvalue weighted by Gasteiger charge is 2.63. The fourth-order valence-electron chi connectivity index (χ4n) is 8.80. The van der Waals surface area contributed by atoms with E-state index in [-0.39, 0.29) is 51.7 Å². The van der Waals surface area contributed by atoms with Crippen molar-refractivity contribution in [2.75, 3.05) is 5.75 Å². The number of allylic oxidation sites excluding steroid dienone is 1. The van der Waals surface area contributed by atoms with Crippen molar-refractivity contribution in [3.05, 3.63) is 52.6 Å². The summed E-state index contributed by atoms with van der Waals surface area (Å²) in [6.45, 7) is 6.19. The summed E-state index contributed by atoms with van der Waals surface area (Å²) in [7, 11) is 0.